The van der Waals surface area contributed by atoms with E-state index in [1.54, 1.807) is 6.08 Å². The standard InChI is InChI=1S/C19H16N2O3S/c1-13(22)20-16(11-14-7-3-2-4-8-14)19(23)24-12-18-21-15-9-5-6-10-17(15)25-18/h2-11H,12H2,1H3,(H,20,22)/b16-11+. The van der Waals surface area contributed by atoms with Crippen LogP contribution in [0.5, 0.6) is 0 Å². The normalized spacial score (nSPS) is 11.3. The molecule has 6 heteroatoms. The predicted octanol–water partition coefficient (Wildman–Crippen LogP) is 3.52. The molecule has 0 radical (unpaired) electrons. The lowest BCUT2D eigenvalue weighted by atomic mass is 10.2. The van der Waals surface area contributed by atoms with Crippen LogP contribution in [0.3, 0.4) is 0 Å². The van der Waals surface area contributed by atoms with E-state index in [2.05, 4.69) is 10.3 Å². The van der Waals surface area contributed by atoms with Gasteiger partial charge in [0.1, 0.15) is 17.3 Å². The number of ether oxygens (including phenoxy) is 1. The molecule has 0 atom stereocenters. The number of benzene rings is 2. The molecule has 0 saturated carbocycles. The number of para-hydroxylation sites is 1. The summed E-state index contributed by atoms with van der Waals surface area (Å²) in [4.78, 5) is 28.1. The summed E-state index contributed by atoms with van der Waals surface area (Å²) >= 11 is 1.47. The summed E-state index contributed by atoms with van der Waals surface area (Å²) in [6.07, 6.45) is 1.59. The van der Waals surface area contributed by atoms with Gasteiger partial charge in [0, 0.05) is 6.92 Å². The molecule has 0 bridgehead atoms. The topological polar surface area (TPSA) is 68.3 Å². The summed E-state index contributed by atoms with van der Waals surface area (Å²) < 4.78 is 6.36. The van der Waals surface area contributed by atoms with E-state index in [0.29, 0.717) is 5.01 Å². The highest BCUT2D eigenvalue weighted by atomic mass is 32.1. The summed E-state index contributed by atoms with van der Waals surface area (Å²) in [5.41, 5.74) is 1.77. The molecule has 5 nitrogen and oxygen atoms in total. The minimum atomic E-state index is -0.599. The van der Waals surface area contributed by atoms with Gasteiger partial charge in [-0.3, -0.25) is 4.79 Å². The molecule has 126 valence electrons. The lowest BCUT2D eigenvalue weighted by molar-refractivity contribution is -0.141. The SMILES string of the molecule is CC(=O)N/C(=C/c1ccccc1)C(=O)OCc1nc2ccccc2s1. The minimum Gasteiger partial charge on any atom is -0.454 e. The largest absolute Gasteiger partial charge is 0.454 e. The summed E-state index contributed by atoms with van der Waals surface area (Å²) in [6, 6.07) is 17.0. The van der Waals surface area contributed by atoms with Gasteiger partial charge >= 0.3 is 5.97 Å². The van der Waals surface area contributed by atoms with Crippen LogP contribution < -0.4 is 5.32 Å². The monoisotopic (exact) mass is 352 g/mol. The smallest absolute Gasteiger partial charge is 0.355 e. The summed E-state index contributed by atoms with van der Waals surface area (Å²) in [5, 5.41) is 3.23. The number of esters is 1. The number of aromatic nitrogens is 1. The number of rotatable bonds is 5. The Morgan fingerprint density at radius 1 is 1.12 bits per heavy atom. The van der Waals surface area contributed by atoms with E-state index in [1.165, 1.54) is 18.3 Å². The zero-order valence-electron chi connectivity index (χ0n) is 13.6. The van der Waals surface area contributed by atoms with Crippen LogP contribution in [0.1, 0.15) is 17.5 Å². The van der Waals surface area contributed by atoms with Gasteiger partial charge in [-0.2, -0.15) is 0 Å². The van der Waals surface area contributed by atoms with Crippen LogP contribution in [0.2, 0.25) is 0 Å². The number of hydrogen-bond donors (Lipinski definition) is 1. The molecule has 1 aromatic heterocycles. The third-order valence-corrected chi connectivity index (χ3v) is 4.32. The quantitative estimate of drug-likeness (QED) is 0.563. The third kappa shape index (κ3) is 4.51. The zero-order chi connectivity index (χ0) is 17.6. The molecule has 3 rings (SSSR count). The number of thiazole rings is 1. The molecule has 0 aliphatic heterocycles. The van der Waals surface area contributed by atoms with Gasteiger partial charge in [0.15, 0.2) is 0 Å². The van der Waals surface area contributed by atoms with Crippen LogP contribution in [0.15, 0.2) is 60.3 Å². The van der Waals surface area contributed by atoms with Crippen LogP contribution in [0.4, 0.5) is 0 Å². The fourth-order valence-corrected chi connectivity index (χ4v) is 3.12. The fourth-order valence-electron chi connectivity index (χ4n) is 2.24. The van der Waals surface area contributed by atoms with E-state index < -0.39 is 5.97 Å². The summed E-state index contributed by atoms with van der Waals surface area (Å²) in [7, 11) is 0. The van der Waals surface area contributed by atoms with E-state index in [0.717, 1.165) is 15.8 Å². The average molecular weight is 352 g/mol. The Balaban J connectivity index is 1.73. The van der Waals surface area contributed by atoms with Crippen molar-refractivity contribution in [1.82, 2.24) is 10.3 Å². The zero-order valence-corrected chi connectivity index (χ0v) is 14.4. The van der Waals surface area contributed by atoms with Gasteiger partial charge in [-0.05, 0) is 23.8 Å². The maximum Gasteiger partial charge on any atom is 0.355 e. The van der Waals surface area contributed by atoms with Crippen molar-refractivity contribution >= 4 is 39.5 Å². The molecule has 3 aromatic rings. The van der Waals surface area contributed by atoms with Crippen LogP contribution in [-0.2, 0) is 20.9 Å². The van der Waals surface area contributed by atoms with Crippen LogP contribution in [0.25, 0.3) is 16.3 Å². The van der Waals surface area contributed by atoms with E-state index in [9.17, 15) is 9.59 Å². The Kier molecular flexibility index (Phi) is 5.20. The first-order valence-corrected chi connectivity index (χ1v) is 8.49. The maximum absolute atomic E-state index is 12.3. The number of carbonyl (C=O) groups excluding carboxylic acids is 2. The van der Waals surface area contributed by atoms with Gasteiger partial charge in [0.05, 0.1) is 10.2 Å². The highest BCUT2D eigenvalue weighted by Crippen LogP contribution is 2.22. The van der Waals surface area contributed by atoms with Crippen LogP contribution in [-0.4, -0.2) is 16.9 Å². The summed E-state index contributed by atoms with van der Waals surface area (Å²) in [6.45, 7) is 1.41. The Hall–Kier alpha value is -2.99. The molecule has 1 N–H and O–H groups in total. The van der Waals surface area contributed by atoms with Gasteiger partial charge in [0.2, 0.25) is 5.91 Å². The van der Waals surface area contributed by atoms with Crippen molar-refractivity contribution < 1.29 is 14.3 Å². The van der Waals surface area contributed by atoms with Gasteiger partial charge in [-0.1, -0.05) is 42.5 Å². The number of fused-ring (bicyclic) bond motifs is 1. The molecule has 0 spiro atoms. The number of hydrogen-bond acceptors (Lipinski definition) is 5. The second-order valence-electron chi connectivity index (χ2n) is 5.30. The van der Waals surface area contributed by atoms with Crippen molar-refractivity contribution in [3.8, 4) is 0 Å². The van der Waals surface area contributed by atoms with Crippen molar-refractivity contribution in [2.24, 2.45) is 0 Å². The van der Waals surface area contributed by atoms with Crippen molar-refractivity contribution in [3.05, 3.63) is 70.9 Å². The number of amides is 1. The first-order valence-electron chi connectivity index (χ1n) is 7.68. The van der Waals surface area contributed by atoms with Gasteiger partial charge < -0.3 is 10.1 Å². The summed E-state index contributed by atoms with van der Waals surface area (Å²) in [5.74, 6) is -0.933. The van der Waals surface area contributed by atoms with Gasteiger partial charge in [-0.25, -0.2) is 9.78 Å². The predicted molar refractivity (Wildman–Crippen MR) is 97.7 cm³/mol. The minimum absolute atomic E-state index is 0.0594. The van der Waals surface area contributed by atoms with E-state index in [1.807, 2.05) is 54.6 Å². The van der Waals surface area contributed by atoms with Crippen LogP contribution in [0, 0.1) is 0 Å². The molecule has 0 fully saturated rings. The highest BCUT2D eigenvalue weighted by molar-refractivity contribution is 7.18. The van der Waals surface area contributed by atoms with Crippen molar-refractivity contribution in [3.63, 3.8) is 0 Å². The Labute approximate surface area is 149 Å². The van der Waals surface area contributed by atoms with Gasteiger partial charge in [0.25, 0.3) is 0 Å². The third-order valence-electron chi connectivity index (χ3n) is 3.31. The molecular formula is C19H16N2O3S. The lowest BCUT2D eigenvalue weighted by Gasteiger charge is -2.08. The maximum atomic E-state index is 12.3. The molecule has 0 aliphatic carbocycles. The van der Waals surface area contributed by atoms with Gasteiger partial charge in [-0.15, -0.1) is 11.3 Å². The van der Waals surface area contributed by atoms with Crippen molar-refractivity contribution in [2.75, 3.05) is 0 Å². The Morgan fingerprint density at radius 2 is 1.84 bits per heavy atom. The number of carbonyl (C=O) groups is 2. The Bertz CT molecular complexity index is 899. The van der Waals surface area contributed by atoms with Crippen molar-refractivity contribution in [1.29, 1.82) is 0 Å². The van der Waals surface area contributed by atoms with E-state index >= 15 is 0 Å². The lowest BCUT2D eigenvalue weighted by Crippen LogP contribution is -2.26. The van der Waals surface area contributed by atoms with Crippen LogP contribution >= 0.6 is 11.3 Å². The fraction of sp³-hybridized carbons (Fsp3) is 0.105. The highest BCUT2D eigenvalue weighted by Gasteiger charge is 2.14. The van der Waals surface area contributed by atoms with E-state index in [-0.39, 0.29) is 18.2 Å². The second-order valence-corrected chi connectivity index (χ2v) is 6.42. The first-order chi connectivity index (χ1) is 12.1. The number of nitrogens with one attached hydrogen (secondary N) is 1. The molecule has 1 heterocycles. The molecular weight excluding hydrogens is 336 g/mol. The Morgan fingerprint density at radius 3 is 2.56 bits per heavy atom. The average Bonchev–Trinajstić information content (AvgIpc) is 3.02. The molecule has 2 aromatic carbocycles. The molecule has 25 heavy (non-hydrogen) atoms. The molecule has 0 unspecified atom stereocenters. The van der Waals surface area contributed by atoms with Crippen molar-refractivity contribution in [2.45, 2.75) is 13.5 Å². The second kappa shape index (κ2) is 7.72. The molecule has 1 amide bonds. The number of nitrogens with zero attached hydrogens (tertiary/aromatic N) is 1. The first kappa shape index (κ1) is 16.9. The van der Waals surface area contributed by atoms with E-state index in [4.69, 9.17) is 4.74 Å². The molecule has 0 saturated heterocycles. The molecule has 0 aliphatic rings.